The first-order valence-electron chi connectivity index (χ1n) is 9.69. The lowest BCUT2D eigenvalue weighted by Crippen LogP contribution is -2.30. The van der Waals surface area contributed by atoms with Crippen LogP contribution in [0.2, 0.25) is 0 Å². The molecule has 7 nitrogen and oxygen atoms in total. The van der Waals surface area contributed by atoms with Gasteiger partial charge in [0, 0.05) is 18.5 Å². The van der Waals surface area contributed by atoms with Crippen molar-refractivity contribution in [1.82, 2.24) is 15.1 Å². The van der Waals surface area contributed by atoms with E-state index >= 15 is 0 Å². The van der Waals surface area contributed by atoms with Crippen LogP contribution in [0, 0.1) is 0 Å². The Morgan fingerprint density at radius 1 is 1.04 bits per heavy atom. The van der Waals surface area contributed by atoms with Crippen LogP contribution in [0.3, 0.4) is 0 Å². The predicted molar refractivity (Wildman–Crippen MR) is 108 cm³/mol. The summed E-state index contributed by atoms with van der Waals surface area (Å²) in [5, 5.41) is 12.2. The number of anilines is 1. The lowest BCUT2D eigenvalue weighted by Gasteiger charge is -2.12. The minimum Gasteiger partial charge on any atom is -0.296 e. The maximum atomic E-state index is 12.5. The molecular weight excluding hydrogens is 376 g/mol. The molecule has 0 fully saturated rings. The van der Waals surface area contributed by atoms with Gasteiger partial charge in [0.1, 0.15) is 5.01 Å². The lowest BCUT2D eigenvalue weighted by atomic mass is 10.1. The van der Waals surface area contributed by atoms with Crippen LogP contribution in [0.5, 0.6) is 0 Å². The Morgan fingerprint density at radius 3 is 2.54 bits per heavy atom. The molecule has 1 aromatic carbocycles. The van der Waals surface area contributed by atoms with Gasteiger partial charge in [-0.2, -0.15) is 0 Å². The molecule has 28 heavy (non-hydrogen) atoms. The standard InChI is InChI=1S/C20H24N4O3S/c1-3-5-7-8-16-22-23-20(28-16)21-17(25)13-9-10-14-15(12-13)19(27)24(18(14)26)11-6-4-2/h9-10,12H,3-8,11H2,1-2H3,(H,21,23,25). The highest BCUT2D eigenvalue weighted by molar-refractivity contribution is 7.15. The molecule has 1 aromatic heterocycles. The Labute approximate surface area is 168 Å². The van der Waals surface area contributed by atoms with E-state index in [1.807, 2.05) is 6.92 Å². The van der Waals surface area contributed by atoms with E-state index < -0.39 is 0 Å². The molecule has 148 valence electrons. The maximum Gasteiger partial charge on any atom is 0.261 e. The predicted octanol–water partition coefficient (Wildman–Crippen LogP) is 3.92. The maximum absolute atomic E-state index is 12.5. The number of nitrogens with zero attached hydrogens (tertiary/aromatic N) is 3. The number of aromatic nitrogens is 2. The molecule has 0 saturated heterocycles. The summed E-state index contributed by atoms with van der Waals surface area (Å²) in [4.78, 5) is 38.7. The van der Waals surface area contributed by atoms with Crippen molar-refractivity contribution in [2.75, 3.05) is 11.9 Å². The van der Waals surface area contributed by atoms with E-state index in [4.69, 9.17) is 0 Å². The minimum absolute atomic E-state index is 0.284. The van der Waals surface area contributed by atoms with Gasteiger partial charge in [0.05, 0.1) is 11.1 Å². The average molecular weight is 401 g/mol. The second-order valence-corrected chi connectivity index (χ2v) is 7.85. The van der Waals surface area contributed by atoms with Crippen molar-refractivity contribution in [3.8, 4) is 0 Å². The summed E-state index contributed by atoms with van der Waals surface area (Å²) in [6.07, 6.45) is 5.83. The Bertz CT molecular complexity index is 893. The first kappa shape index (κ1) is 20.1. The van der Waals surface area contributed by atoms with Gasteiger partial charge in [-0.1, -0.05) is 44.4 Å². The van der Waals surface area contributed by atoms with E-state index in [1.54, 1.807) is 12.1 Å². The van der Waals surface area contributed by atoms with Gasteiger partial charge in [0.25, 0.3) is 17.7 Å². The van der Waals surface area contributed by atoms with E-state index in [2.05, 4.69) is 22.4 Å². The first-order valence-corrected chi connectivity index (χ1v) is 10.5. The van der Waals surface area contributed by atoms with Gasteiger partial charge in [0.2, 0.25) is 5.13 Å². The van der Waals surface area contributed by atoms with E-state index in [1.165, 1.54) is 22.3 Å². The Hall–Kier alpha value is -2.61. The van der Waals surface area contributed by atoms with Crippen molar-refractivity contribution in [3.05, 3.63) is 39.9 Å². The van der Waals surface area contributed by atoms with Crippen LogP contribution in [0.1, 0.15) is 82.0 Å². The number of hydrogen-bond donors (Lipinski definition) is 1. The summed E-state index contributed by atoms with van der Waals surface area (Å²) >= 11 is 1.36. The van der Waals surface area contributed by atoms with Crippen molar-refractivity contribution in [2.24, 2.45) is 0 Å². The van der Waals surface area contributed by atoms with Crippen LogP contribution in [0.15, 0.2) is 18.2 Å². The smallest absolute Gasteiger partial charge is 0.261 e. The van der Waals surface area contributed by atoms with Gasteiger partial charge in [-0.25, -0.2) is 0 Å². The van der Waals surface area contributed by atoms with E-state index in [0.29, 0.717) is 22.8 Å². The van der Waals surface area contributed by atoms with E-state index in [9.17, 15) is 14.4 Å². The van der Waals surface area contributed by atoms with Crippen LogP contribution < -0.4 is 5.32 Å². The van der Waals surface area contributed by atoms with Crippen LogP contribution in [-0.4, -0.2) is 39.4 Å². The zero-order chi connectivity index (χ0) is 20.1. The molecule has 0 aliphatic carbocycles. The number of aryl methyl sites for hydroxylation is 1. The number of imide groups is 1. The number of nitrogens with one attached hydrogen (secondary N) is 1. The average Bonchev–Trinajstić information content (AvgIpc) is 3.23. The Balaban J connectivity index is 1.69. The van der Waals surface area contributed by atoms with Crippen molar-refractivity contribution in [3.63, 3.8) is 0 Å². The fourth-order valence-corrected chi connectivity index (χ4v) is 3.83. The SMILES string of the molecule is CCCCCc1nnc(NC(=O)c2ccc3c(c2)C(=O)N(CCCC)C3=O)s1. The molecule has 1 N–H and O–H groups in total. The van der Waals surface area contributed by atoms with Crippen LogP contribution in [0.25, 0.3) is 0 Å². The first-order chi connectivity index (χ1) is 13.5. The van der Waals surface area contributed by atoms with Crippen LogP contribution >= 0.6 is 11.3 Å². The highest BCUT2D eigenvalue weighted by atomic mass is 32.1. The molecule has 0 saturated carbocycles. The number of hydrogen-bond acceptors (Lipinski definition) is 6. The summed E-state index contributed by atoms with van der Waals surface area (Å²) in [6.45, 7) is 4.54. The van der Waals surface area contributed by atoms with Gasteiger partial charge >= 0.3 is 0 Å². The molecule has 0 radical (unpaired) electrons. The fourth-order valence-electron chi connectivity index (χ4n) is 3.05. The number of carbonyl (C=O) groups is 3. The zero-order valence-corrected chi connectivity index (χ0v) is 17.0. The highest BCUT2D eigenvalue weighted by Gasteiger charge is 2.35. The van der Waals surface area contributed by atoms with Crippen molar-refractivity contribution in [2.45, 2.75) is 52.4 Å². The van der Waals surface area contributed by atoms with Crippen LogP contribution in [0.4, 0.5) is 5.13 Å². The van der Waals surface area contributed by atoms with E-state index in [0.717, 1.165) is 43.5 Å². The van der Waals surface area contributed by atoms with Crippen molar-refractivity contribution in [1.29, 1.82) is 0 Å². The van der Waals surface area contributed by atoms with Crippen molar-refractivity contribution >= 4 is 34.2 Å². The minimum atomic E-state index is -0.369. The molecule has 0 atom stereocenters. The molecule has 0 spiro atoms. The molecular formula is C20H24N4O3S. The van der Waals surface area contributed by atoms with Gasteiger partial charge < -0.3 is 0 Å². The quantitative estimate of drug-likeness (QED) is 0.509. The number of rotatable bonds is 9. The number of benzene rings is 1. The molecule has 2 heterocycles. The topological polar surface area (TPSA) is 92.3 Å². The fraction of sp³-hybridized carbons (Fsp3) is 0.450. The highest BCUT2D eigenvalue weighted by Crippen LogP contribution is 2.25. The Morgan fingerprint density at radius 2 is 1.79 bits per heavy atom. The van der Waals surface area contributed by atoms with Gasteiger partial charge in [-0.15, -0.1) is 10.2 Å². The lowest BCUT2D eigenvalue weighted by molar-refractivity contribution is 0.0652. The Kier molecular flexibility index (Phi) is 6.51. The number of carbonyl (C=O) groups excluding carboxylic acids is 3. The summed E-state index contributed by atoms with van der Waals surface area (Å²) < 4.78 is 0. The monoisotopic (exact) mass is 400 g/mol. The molecule has 1 aliphatic heterocycles. The number of unbranched alkanes of at least 4 members (excludes halogenated alkanes) is 3. The number of fused-ring (bicyclic) bond motifs is 1. The third kappa shape index (κ3) is 4.27. The zero-order valence-electron chi connectivity index (χ0n) is 16.2. The molecule has 0 bridgehead atoms. The summed E-state index contributed by atoms with van der Waals surface area (Å²) in [5.74, 6) is -0.996. The van der Waals surface area contributed by atoms with Gasteiger partial charge in [-0.3, -0.25) is 24.6 Å². The molecule has 3 amide bonds. The largest absolute Gasteiger partial charge is 0.296 e. The summed E-state index contributed by atoms with van der Waals surface area (Å²) in [6, 6.07) is 4.60. The van der Waals surface area contributed by atoms with E-state index in [-0.39, 0.29) is 23.3 Å². The molecule has 2 aromatic rings. The third-order valence-corrected chi connectivity index (χ3v) is 5.55. The summed E-state index contributed by atoms with van der Waals surface area (Å²) in [7, 11) is 0. The van der Waals surface area contributed by atoms with Gasteiger partial charge in [-0.05, 0) is 31.0 Å². The molecule has 3 rings (SSSR count). The number of amides is 3. The normalized spacial score (nSPS) is 13.1. The summed E-state index contributed by atoms with van der Waals surface area (Å²) in [5.41, 5.74) is 0.957. The molecule has 1 aliphatic rings. The van der Waals surface area contributed by atoms with Crippen molar-refractivity contribution < 1.29 is 14.4 Å². The second-order valence-electron chi connectivity index (χ2n) is 6.79. The molecule has 0 unspecified atom stereocenters. The molecule has 8 heteroatoms. The van der Waals surface area contributed by atoms with Gasteiger partial charge in [0.15, 0.2) is 0 Å². The second kappa shape index (κ2) is 9.05. The van der Waals surface area contributed by atoms with Crippen LogP contribution in [-0.2, 0) is 6.42 Å². The third-order valence-electron chi connectivity index (χ3n) is 4.65.